The van der Waals surface area contributed by atoms with E-state index in [1.165, 1.54) is 0 Å². The molecule has 0 saturated heterocycles. The Morgan fingerprint density at radius 2 is 1.76 bits per heavy atom. The molecule has 7 nitrogen and oxygen atoms in total. The Hall–Kier alpha value is -2.30. The highest BCUT2D eigenvalue weighted by atomic mass is 32.2. The normalized spacial score (nSPS) is 14.4. The van der Waals surface area contributed by atoms with Crippen molar-refractivity contribution in [3.05, 3.63) is 29.8 Å². The molecule has 11 heteroatoms. The number of carboxylic acid groups (broad SMARTS) is 1. The monoisotopic (exact) mass is 383 g/mol. The van der Waals surface area contributed by atoms with Crippen LogP contribution in [-0.4, -0.2) is 43.3 Å². The van der Waals surface area contributed by atoms with Gasteiger partial charge in [-0.15, -0.1) is 13.2 Å². The summed E-state index contributed by atoms with van der Waals surface area (Å²) in [6, 6.07) is 3.11. The first-order chi connectivity index (χ1) is 11.3. The molecule has 140 valence electrons. The molecule has 0 spiro atoms. The van der Waals surface area contributed by atoms with Crippen LogP contribution in [-0.2, 0) is 19.4 Å². The zero-order valence-corrected chi connectivity index (χ0v) is 14.0. The molecule has 0 aliphatic rings. The molecule has 0 aliphatic heterocycles. The third kappa shape index (κ3) is 6.99. The average molecular weight is 383 g/mol. The van der Waals surface area contributed by atoms with E-state index in [2.05, 4.69) is 10.1 Å². The molecule has 1 aromatic rings. The van der Waals surface area contributed by atoms with Crippen LogP contribution in [0, 0.1) is 0 Å². The molecule has 0 bridgehead atoms. The zero-order valence-electron chi connectivity index (χ0n) is 13.2. The minimum Gasteiger partial charge on any atom is -0.481 e. The fourth-order valence-electron chi connectivity index (χ4n) is 1.81. The van der Waals surface area contributed by atoms with Gasteiger partial charge in [0.05, 0.1) is 12.5 Å². The lowest BCUT2D eigenvalue weighted by Crippen LogP contribution is -2.40. The standard InChI is InChI=1S/C14H16F3NO6S/c1-8(25(2,22)23)13(21)18-11(7-12(19)20)9-3-5-10(6-4-9)24-14(15,16)17/h3-6,8,11H,7H2,1-2H3,(H,18,21)(H,19,20). The summed E-state index contributed by atoms with van der Waals surface area (Å²) in [5.74, 6) is -2.71. The second kappa shape index (κ2) is 7.72. The lowest BCUT2D eigenvalue weighted by molar-refractivity contribution is -0.274. The van der Waals surface area contributed by atoms with Gasteiger partial charge in [0, 0.05) is 6.26 Å². The van der Waals surface area contributed by atoms with Gasteiger partial charge in [0.1, 0.15) is 11.0 Å². The average Bonchev–Trinajstić information content (AvgIpc) is 2.43. The van der Waals surface area contributed by atoms with Crippen molar-refractivity contribution in [3.63, 3.8) is 0 Å². The van der Waals surface area contributed by atoms with Crippen LogP contribution in [0.25, 0.3) is 0 Å². The summed E-state index contributed by atoms with van der Waals surface area (Å²) in [5.41, 5.74) is 0.186. The number of carbonyl (C=O) groups is 2. The maximum atomic E-state index is 12.1. The number of amides is 1. The van der Waals surface area contributed by atoms with Gasteiger partial charge in [0.15, 0.2) is 9.84 Å². The smallest absolute Gasteiger partial charge is 0.481 e. The number of aliphatic carboxylic acids is 1. The lowest BCUT2D eigenvalue weighted by atomic mass is 10.0. The molecule has 0 aromatic heterocycles. The summed E-state index contributed by atoms with van der Waals surface area (Å²) in [6.45, 7) is 1.14. The van der Waals surface area contributed by atoms with E-state index in [1.54, 1.807) is 0 Å². The molecule has 2 unspecified atom stereocenters. The van der Waals surface area contributed by atoms with Crippen molar-refractivity contribution in [2.75, 3.05) is 6.26 Å². The molecule has 0 saturated carbocycles. The minimum atomic E-state index is -4.87. The Morgan fingerprint density at radius 3 is 2.16 bits per heavy atom. The van der Waals surface area contributed by atoms with Crippen LogP contribution in [0.15, 0.2) is 24.3 Å². The molecular formula is C14H16F3NO6S. The second-order valence-electron chi connectivity index (χ2n) is 5.25. The van der Waals surface area contributed by atoms with Gasteiger partial charge < -0.3 is 15.2 Å². The van der Waals surface area contributed by atoms with Crippen molar-refractivity contribution < 1.29 is 41.0 Å². The first-order valence-electron chi connectivity index (χ1n) is 6.86. The van der Waals surface area contributed by atoms with Crippen molar-refractivity contribution in [2.45, 2.75) is 31.0 Å². The van der Waals surface area contributed by atoms with Gasteiger partial charge in [-0.25, -0.2) is 8.42 Å². The van der Waals surface area contributed by atoms with Crippen LogP contribution >= 0.6 is 0 Å². The van der Waals surface area contributed by atoms with Gasteiger partial charge in [-0.2, -0.15) is 0 Å². The molecule has 1 amide bonds. The molecule has 25 heavy (non-hydrogen) atoms. The quantitative estimate of drug-likeness (QED) is 0.741. The van der Waals surface area contributed by atoms with E-state index in [4.69, 9.17) is 5.11 Å². The van der Waals surface area contributed by atoms with Crippen molar-refractivity contribution in [1.29, 1.82) is 0 Å². The summed E-state index contributed by atoms with van der Waals surface area (Å²) in [4.78, 5) is 22.9. The number of hydrogen-bond donors (Lipinski definition) is 2. The number of rotatable bonds is 7. The topological polar surface area (TPSA) is 110 Å². The predicted octanol–water partition coefficient (Wildman–Crippen LogP) is 1.65. The lowest BCUT2D eigenvalue weighted by Gasteiger charge is -2.20. The van der Waals surface area contributed by atoms with Crippen molar-refractivity contribution in [2.24, 2.45) is 0 Å². The number of ether oxygens (including phenoxy) is 1. The number of alkyl halides is 3. The van der Waals surface area contributed by atoms with E-state index in [0.717, 1.165) is 37.4 Å². The third-order valence-corrected chi connectivity index (χ3v) is 4.72. The second-order valence-corrected chi connectivity index (χ2v) is 7.61. The van der Waals surface area contributed by atoms with Crippen molar-refractivity contribution in [1.82, 2.24) is 5.32 Å². The molecule has 2 N–H and O–H groups in total. The van der Waals surface area contributed by atoms with Crippen LogP contribution < -0.4 is 10.1 Å². The molecule has 0 heterocycles. The Labute approximate surface area is 141 Å². The van der Waals surface area contributed by atoms with Gasteiger partial charge >= 0.3 is 12.3 Å². The Balaban J connectivity index is 2.99. The van der Waals surface area contributed by atoms with E-state index in [0.29, 0.717) is 0 Å². The first kappa shape index (κ1) is 20.7. The van der Waals surface area contributed by atoms with Gasteiger partial charge in [-0.3, -0.25) is 9.59 Å². The number of carboxylic acids is 1. The van der Waals surface area contributed by atoms with E-state index in [9.17, 15) is 31.2 Å². The number of nitrogens with one attached hydrogen (secondary N) is 1. The van der Waals surface area contributed by atoms with Crippen molar-refractivity contribution >= 4 is 21.7 Å². The Morgan fingerprint density at radius 1 is 1.24 bits per heavy atom. The van der Waals surface area contributed by atoms with Gasteiger partial charge in [0.2, 0.25) is 5.91 Å². The summed E-state index contributed by atoms with van der Waals surface area (Å²) < 4.78 is 62.9. The maximum Gasteiger partial charge on any atom is 0.573 e. The molecular weight excluding hydrogens is 367 g/mol. The van der Waals surface area contributed by atoms with Gasteiger partial charge in [-0.05, 0) is 24.6 Å². The fourth-order valence-corrected chi connectivity index (χ4v) is 2.27. The van der Waals surface area contributed by atoms with E-state index >= 15 is 0 Å². The van der Waals surface area contributed by atoms with E-state index in [1.807, 2.05) is 0 Å². The Kier molecular flexibility index (Phi) is 6.41. The van der Waals surface area contributed by atoms with Crippen LogP contribution in [0.2, 0.25) is 0 Å². The van der Waals surface area contributed by atoms with E-state index < -0.39 is 51.5 Å². The highest BCUT2D eigenvalue weighted by Crippen LogP contribution is 2.25. The van der Waals surface area contributed by atoms with Gasteiger partial charge in [-0.1, -0.05) is 12.1 Å². The minimum absolute atomic E-state index is 0.186. The third-order valence-electron chi connectivity index (χ3n) is 3.22. The van der Waals surface area contributed by atoms with Gasteiger partial charge in [0.25, 0.3) is 0 Å². The van der Waals surface area contributed by atoms with Crippen LogP contribution in [0.4, 0.5) is 13.2 Å². The number of sulfone groups is 1. The summed E-state index contributed by atoms with van der Waals surface area (Å²) in [6.07, 6.45) is -4.60. The summed E-state index contributed by atoms with van der Waals surface area (Å²) >= 11 is 0. The van der Waals surface area contributed by atoms with Crippen LogP contribution in [0.1, 0.15) is 24.9 Å². The van der Waals surface area contributed by atoms with Crippen LogP contribution in [0.5, 0.6) is 5.75 Å². The van der Waals surface area contributed by atoms with E-state index in [-0.39, 0.29) is 5.56 Å². The SMILES string of the molecule is CC(C(=O)NC(CC(=O)O)c1ccc(OC(F)(F)F)cc1)S(C)(=O)=O. The number of benzene rings is 1. The molecule has 0 aliphatic carbocycles. The van der Waals surface area contributed by atoms with Crippen molar-refractivity contribution in [3.8, 4) is 5.75 Å². The first-order valence-corrected chi connectivity index (χ1v) is 8.82. The highest BCUT2D eigenvalue weighted by Gasteiger charge is 2.31. The largest absolute Gasteiger partial charge is 0.573 e. The van der Waals surface area contributed by atoms with Crippen LogP contribution in [0.3, 0.4) is 0 Å². The zero-order chi connectivity index (χ0) is 19.4. The number of carbonyl (C=O) groups excluding carboxylic acids is 1. The fraction of sp³-hybridized carbons (Fsp3) is 0.429. The molecule has 0 radical (unpaired) electrons. The molecule has 1 aromatic carbocycles. The maximum absolute atomic E-state index is 12.1. The number of halogens is 3. The number of hydrogen-bond acceptors (Lipinski definition) is 5. The summed E-state index contributed by atoms with van der Waals surface area (Å²) in [5, 5.41) is 9.79. The highest BCUT2D eigenvalue weighted by molar-refractivity contribution is 7.92. The molecule has 2 atom stereocenters. The molecule has 0 fully saturated rings. The summed E-state index contributed by atoms with van der Waals surface area (Å²) in [7, 11) is -3.69. The predicted molar refractivity (Wildman–Crippen MR) is 80.6 cm³/mol. The Bertz CT molecular complexity index is 730. The molecule has 1 rings (SSSR count).